The van der Waals surface area contributed by atoms with Crippen molar-refractivity contribution >= 4 is 10.0 Å². The summed E-state index contributed by atoms with van der Waals surface area (Å²) in [5, 5.41) is 8.71. The summed E-state index contributed by atoms with van der Waals surface area (Å²) in [6.45, 7) is 3.51. The van der Waals surface area contributed by atoms with Gasteiger partial charge < -0.3 is 0 Å². The zero-order chi connectivity index (χ0) is 12.0. The third-order valence-electron chi connectivity index (χ3n) is 2.95. The van der Waals surface area contributed by atoms with Crippen LogP contribution in [-0.2, 0) is 15.6 Å². The molecule has 0 radical (unpaired) electrons. The van der Waals surface area contributed by atoms with E-state index >= 15 is 0 Å². The highest BCUT2D eigenvalue weighted by Gasteiger charge is 2.47. The summed E-state index contributed by atoms with van der Waals surface area (Å²) in [7, 11) is -3.51. The summed E-state index contributed by atoms with van der Waals surface area (Å²) >= 11 is 0. The molecule has 0 N–H and O–H groups in total. The molecule has 0 aliphatic carbocycles. The molecule has 1 aromatic rings. The van der Waals surface area contributed by atoms with E-state index in [2.05, 4.69) is 0 Å². The predicted molar refractivity (Wildman–Crippen MR) is 59.0 cm³/mol. The third kappa shape index (κ3) is 1.27. The lowest BCUT2D eigenvalue weighted by Gasteiger charge is -2.27. The van der Waals surface area contributed by atoms with Gasteiger partial charge in [0.25, 0.3) is 0 Å². The minimum atomic E-state index is -3.51. The van der Waals surface area contributed by atoms with Crippen molar-refractivity contribution in [1.29, 1.82) is 5.26 Å². The molecule has 16 heavy (non-hydrogen) atoms. The zero-order valence-electron chi connectivity index (χ0n) is 9.14. The Labute approximate surface area is 95.2 Å². The lowest BCUT2D eigenvalue weighted by atomic mass is 9.94. The largest absolute Gasteiger partial charge is 0.245 e. The smallest absolute Gasteiger partial charge is 0.207 e. The normalized spacial score (nSPS) is 21.3. The molecule has 1 heterocycles. The van der Waals surface area contributed by atoms with Crippen LogP contribution in [-0.4, -0.2) is 19.3 Å². The van der Waals surface area contributed by atoms with Crippen LogP contribution >= 0.6 is 0 Å². The van der Waals surface area contributed by atoms with Crippen LogP contribution in [0, 0.1) is 11.3 Å². The number of hydrogen-bond donors (Lipinski definition) is 0. The Balaban J connectivity index is 2.72. The average molecular weight is 236 g/mol. The Morgan fingerprint density at radius 3 is 2.56 bits per heavy atom. The van der Waals surface area contributed by atoms with E-state index in [1.54, 1.807) is 18.2 Å². The zero-order valence-corrected chi connectivity index (χ0v) is 9.95. The first kappa shape index (κ1) is 11.1. The predicted octanol–water partition coefficient (Wildman–Crippen LogP) is 1.45. The van der Waals surface area contributed by atoms with Gasteiger partial charge in [-0.05, 0) is 25.5 Å². The molecule has 1 aromatic carbocycles. The second kappa shape index (κ2) is 3.30. The molecular formula is C11H12N2O2S. The summed E-state index contributed by atoms with van der Waals surface area (Å²) < 4.78 is 25.6. The molecule has 0 aromatic heterocycles. The highest BCUT2D eigenvalue weighted by Crippen LogP contribution is 2.42. The summed E-state index contributed by atoms with van der Waals surface area (Å²) in [6, 6.07) is 8.79. The van der Waals surface area contributed by atoms with Crippen molar-refractivity contribution in [3.05, 3.63) is 29.8 Å². The Kier molecular flexibility index (Phi) is 2.30. The van der Waals surface area contributed by atoms with E-state index in [1.165, 1.54) is 4.31 Å². The van der Waals surface area contributed by atoms with Crippen molar-refractivity contribution < 1.29 is 8.42 Å². The van der Waals surface area contributed by atoms with E-state index in [-0.39, 0.29) is 6.54 Å². The van der Waals surface area contributed by atoms with E-state index in [9.17, 15) is 8.42 Å². The molecule has 5 heteroatoms. The number of hydrogen-bond acceptors (Lipinski definition) is 3. The van der Waals surface area contributed by atoms with Crippen molar-refractivity contribution in [2.24, 2.45) is 0 Å². The number of fused-ring (bicyclic) bond motifs is 1. The minimum Gasteiger partial charge on any atom is -0.207 e. The van der Waals surface area contributed by atoms with Gasteiger partial charge in [0.15, 0.2) is 0 Å². The Morgan fingerprint density at radius 2 is 2.00 bits per heavy atom. The van der Waals surface area contributed by atoms with Gasteiger partial charge >= 0.3 is 0 Å². The highest BCUT2D eigenvalue weighted by molar-refractivity contribution is 7.89. The van der Waals surface area contributed by atoms with E-state index in [1.807, 2.05) is 26.0 Å². The van der Waals surface area contributed by atoms with E-state index in [0.29, 0.717) is 4.90 Å². The van der Waals surface area contributed by atoms with Gasteiger partial charge in [0.2, 0.25) is 10.0 Å². The number of benzene rings is 1. The maximum absolute atomic E-state index is 12.2. The van der Waals surface area contributed by atoms with E-state index in [0.717, 1.165) is 5.56 Å². The quantitative estimate of drug-likeness (QED) is 0.693. The topological polar surface area (TPSA) is 61.2 Å². The summed E-state index contributed by atoms with van der Waals surface area (Å²) in [5.74, 6) is 0. The van der Waals surface area contributed by atoms with Gasteiger partial charge in [-0.25, -0.2) is 8.42 Å². The first-order valence-corrected chi connectivity index (χ1v) is 6.35. The second-order valence-electron chi connectivity index (χ2n) is 4.22. The number of nitriles is 1. The van der Waals surface area contributed by atoms with Gasteiger partial charge in [0.1, 0.15) is 6.54 Å². The molecule has 0 amide bonds. The first-order valence-electron chi connectivity index (χ1n) is 4.91. The maximum atomic E-state index is 12.2. The number of sulfonamides is 1. The SMILES string of the molecule is CC1(C)c2ccccc2S(=O)(=O)N1CC#N. The molecule has 1 aliphatic rings. The monoisotopic (exact) mass is 236 g/mol. The van der Waals surface area contributed by atoms with Crippen LogP contribution in [0.1, 0.15) is 19.4 Å². The van der Waals surface area contributed by atoms with Crippen molar-refractivity contribution in [3.8, 4) is 6.07 Å². The fourth-order valence-corrected chi connectivity index (χ4v) is 4.11. The molecule has 0 unspecified atom stereocenters. The lowest BCUT2D eigenvalue weighted by Crippen LogP contribution is -2.39. The summed E-state index contributed by atoms with van der Waals surface area (Å²) in [5.41, 5.74) is 0.107. The molecule has 0 saturated carbocycles. The molecule has 0 spiro atoms. The molecule has 84 valence electrons. The van der Waals surface area contributed by atoms with Crippen LogP contribution in [0.2, 0.25) is 0 Å². The molecule has 0 fully saturated rings. The van der Waals surface area contributed by atoms with Crippen LogP contribution in [0.15, 0.2) is 29.2 Å². The molecule has 0 atom stereocenters. The van der Waals surface area contributed by atoms with Crippen LogP contribution in [0.5, 0.6) is 0 Å². The maximum Gasteiger partial charge on any atom is 0.245 e. The standard InChI is InChI=1S/C11H12N2O2S/c1-11(2)9-5-3-4-6-10(9)16(14,15)13(11)8-7-12/h3-6H,8H2,1-2H3. The van der Waals surface area contributed by atoms with Gasteiger partial charge in [-0.2, -0.15) is 9.57 Å². The Hall–Kier alpha value is -1.38. The lowest BCUT2D eigenvalue weighted by molar-refractivity contribution is 0.267. The molecule has 0 bridgehead atoms. The van der Waals surface area contributed by atoms with Gasteiger partial charge in [-0.3, -0.25) is 0 Å². The van der Waals surface area contributed by atoms with Crippen LogP contribution in [0.25, 0.3) is 0 Å². The van der Waals surface area contributed by atoms with Crippen LogP contribution in [0.4, 0.5) is 0 Å². The number of rotatable bonds is 1. The molecule has 4 nitrogen and oxygen atoms in total. The summed E-state index contributed by atoms with van der Waals surface area (Å²) in [6.07, 6.45) is 0. The second-order valence-corrected chi connectivity index (χ2v) is 6.06. The molecule has 2 rings (SSSR count). The van der Waals surface area contributed by atoms with Crippen LogP contribution in [0.3, 0.4) is 0 Å². The van der Waals surface area contributed by atoms with Crippen molar-refractivity contribution in [2.75, 3.05) is 6.54 Å². The fourth-order valence-electron chi connectivity index (χ4n) is 2.10. The van der Waals surface area contributed by atoms with Gasteiger partial charge in [-0.15, -0.1) is 0 Å². The molecule has 1 aliphatic heterocycles. The molecule has 0 saturated heterocycles. The van der Waals surface area contributed by atoms with Gasteiger partial charge in [0, 0.05) is 0 Å². The fraction of sp³-hybridized carbons (Fsp3) is 0.364. The van der Waals surface area contributed by atoms with E-state index in [4.69, 9.17) is 5.26 Å². The van der Waals surface area contributed by atoms with Crippen LogP contribution < -0.4 is 0 Å². The van der Waals surface area contributed by atoms with Crippen molar-refractivity contribution in [1.82, 2.24) is 4.31 Å². The van der Waals surface area contributed by atoms with Gasteiger partial charge in [-0.1, -0.05) is 18.2 Å². The highest BCUT2D eigenvalue weighted by atomic mass is 32.2. The minimum absolute atomic E-state index is 0.121. The average Bonchev–Trinajstić information content (AvgIpc) is 2.38. The summed E-state index contributed by atoms with van der Waals surface area (Å²) in [4.78, 5) is 0.315. The Morgan fingerprint density at radius 1 is 1.38 bits per heavy atom. The Bertz CT molecular complexity index is 570. The first-order chi connectivity index (χ1) is 7.42. The van der Waals surface area contributed by atoms with Crippen molar-refractivity contribution in [2.45, 2.75) is 24.3 Å². The van der Waals surface area contributed by atoms with E-state index < -0.39 is 15.6 Å². The van der Waals surface area contributed by atoms with Gasteiger partial charge in [0.05, 0.1) is 16.5 Å². The van der Waals surface area contributed by atoms with Crippen molar-refractivity contribution in [3.63, 3.8) is 0 Å². The third-order valence-corrected chi connectivity index (χ3v) is 5.03. The number of nitrogens with zero attached hydrogens (tertiary/aromatic N) is 2. The molecular weight excluding hydrogens is 224 g/mol.